The van der Waals surface area contributed by atoms with Crippen LogP contribution in [0.15, 0.2) is 23.6 Å². The zero-order valence-corrected chi connectivity index (χ0v) is 14.3. The molecular formula is C16H18ClN3O2S. The first-order valence-electron chi connectivity index (χ1n) is 7.68. The topological polar surface area (TPSA) is 37.8 Å². The maximum absolute atomic E-state index is 5.83. The van der Waals surface area contributed by atoms with E-state index in [2.05, 4.69) is 26.9 Å². The Bertz CT molecular complexity index is 686. The molecule has 2 aliphatic heterocycles. The third-order valence-corrected chi connectivity index (χ3v) is 5.39. The molecule has 2 aliphatic rings. The molecule has 1 saturated heterocycles. The zero-order valence-electron chi connectivity index (χ0n) is 12.7. The number of hydrogen-bond donors (Lipinski definition) is 0. The average Bonchev–Trinajstić information content (AvgIpc) is 3.24. The molecule has 1 fully saturated rings. The minimum absolute atomic E-state index is 0.329. The maximum atomic E-state index is 5.83. The van der Waals surface area contributed by atoms with E-state index in [0.717, 1.165) is 55.0 Å². The summed E-state index contributed by atoms with van der Waals surface area (Å²) in [6.07, 6.45) is 0. The lowest BCUT2D eigenvalue weighted by atomic mass is 10.1. The van der Waals surface area contributed by atoms with Gasteiger partial charge in [0.15, 0.2) is 16.6 Å². The largest absolute Gasteiger partial charge is 0.454 e. The van der Waals surface area contributed by atoms with Crippen molar-refractivity contribution in [3.05, 3.63) is 34.8 Å². The summed E-state index contributed by atoms with van der Waals surface area (Å²) in [4.78, 5) is 9.37. The number of hydrogen-bond acceptors (Lipinski definition) is 6. The van der Waals surface area contributed by atoms with E-state index >= 15 is 0 Å². The van der Waals surface area contributed by atoms with Gasteiger partial charge in [0.1, 0.15) is 0 Å². The van der Waals surface area contributed by atoms with Gasteiger partial charge in [-0.05, 0) is 17.7 Å². The Morgan fingerprint density at radius 3 is 2.74 bits per heavy atom. The second-order valence-electron chi connectivity index (χ2n) is 5.71. The molecule has 2 aromatic rings. The first-order chi connectivity index (χ1) is 11.3. The molecule has 0 N–H and O–H groups in total. The van der Waals surface area contributed by atoms with Gasteiger partial charge in [0, 0.05) is 38.1 Å². The molecule has 0 amide bonds. The van der Waals surface area contributed by atoms with E-state index in [1.165, 1.54) is 5.56 Å². The lowest BCUT2D eigenvalue weighted by molar-refractivity contribution is 0.174. The molecule has 0 aliphatic carbocycles. The van der Waals surface area contributed by atoms with Gasteiger partial charge < -0.3 is 14.4 Å². The van der Waals surface area contributed by atoms with Crippen LogP contribution in [0.3, 0.4) is 0 Å². The van der Waals surface area contributed by atoms with Crippen LogP contribution in [-0.4, -0.2) is 42.9 Å². The van der Waals surface area contributed by atoms with Gasteiger partial charge in [0.25, 0.3) is 0 Å². The van der Waals surface area contributed by atoms with Crippen molar-refractivity contribution < 1.29 is 9.47 Å². The Kier molecular flexibility index (Phi) is 4.29. The predicted octanol–water partition coefficient (Wildman–Crippen LogP) is 2.93. The minimum atomic E-state index is 0.329. The average molecular weight is 352 g/mol. The molecule has 0 saturated carbocycles. The van der Waals surface area contributed by atoms with Crippen LogP contribution >= 0.6 is 22.9 Å². The normalized spacial score (nSPS) is 17.7. The van der Waals surface area contributed by atoms with Gasteiger partial charge in [-0.3, -0.25) is 4.90 Å². The Morgan fingerprint density at radius 2 is 1.96 bits per heavy atom. The molecule has 4 rings (SSSR count). The summed E-state index contributed by atoms with van der Waals surface area (Å²) in [6, 6.07) is 6.20. The second-order valence-corrected chi connectivity index (χ2v) is 6.81. The predicted molar refractivity (Wildman–Crippen MR) is 91.7 cm³/mol. The van der Waals surface area contributed by atoms with Crippen LogP contribution in [0.2, 0.25) is 0 Å². The first kappa shape index (κ1) is 15.1. The fraction of sp³-hybridized carbons (Fsp3) is 0.438. The number of alkyl halides is 1. The number of anilines is 1. The molecule has 5 nitrogen and oxygen atoms in total. The highest BCUT2D eigenvalue weighted by molar-refractivity contribution is 7.13. The van der Waals surface area contributed by atoms with Crippen LogP contribution in [0.25, 0.3) is 0 Å². The van der Waals surface area contributed by atoms with Crippen molar-refractivity contribution in [2.24, 2.45) is 0 Å². The highest BCUT2D eigenvalue weighted by atomic mass is 35.5. The number of fused-ring (bicyclic) bond motifs is 1. The van der Waals surface area contributed by atoms with Crippen molar-refractivity contribution in [1.29, 1.82) is 0 Å². The van der Waals surface area contributed by atoms with Crippen LogP contribution in [-0.2, 0) is 12.4 Å². The molecular weight excluding hydrogens is 334 g/mol. The fourth-order valence-electron chi connectivity index (χ4n) is 2.90. The van der Waals surface area contributed by atoms with Gasteiger partial charge in [-0.25, -0.2) is 4.98 Å². The monoisotopic (exact) mass is 351 g/mol. The Hall–Kier alpha value is -1.50. The van der Waals surface area contributed by atoms with Gasteiger partial charge >= 0.3 is 0 Å². The zero-order chi connectivity index (χ0) is 15.6. The lowest BCUT2D eigenvalue weighted by Gasteiger charge is -2.34. The van der Waals surface area contributed by atoms with E-state index in [1.54, 1.807) is 11.3 Å². The molecule has 0 unspecified atom stereocenters. The SMILES string of the molecule is ClCc1csc(N2CCN(Cc3ccc4c(c3)OCO4)CC2)n1. The second kappa shape index (κ2) is 6.55. The molecule has 0 radical (unpaired) electrons. The van der Waals surface area contributed by atoms with Crippen LogP contribution in [0, 0.1) is 0 Å². The molecule has 0 bridgehead atoms. The lowest BCUT2D eigenvalue weighted by Crippen LogP contribution is -2.45. The highest BCUT2D eigenvalue weighted by Gasteiger charge is 2.20. The summed E-state index contributed by atoms with van der Waals surface area (Å²) in [6.45, 7) is 5.33. The minimum Gasteiger partial charge on any atom is -0.454 e. The number of ether oxygens (including phenoxy) is 2. The van der Waals surface area contributed by atoms with Crippen LogP contribution in [0.5, 0.6) is 11.5 Å². The van der Waals surface area contributed by atoms with Crippen molar-refractivity contribution in [2.45, 2.75) is 12.4 Å². The Labute approximate surface area is 144 Å². The van der Waals surface area contributed by atoms with E-state index < -0.39 is 0 Å². The van der Waals surface area contributed by atoms with Gasteiger partial charge in [-0.15, -0.1) is 22.9 Å². The van der Waals surface area contributed by atoms with Crippen molar-refractivity contribution >= 4 is 28.1 Å². The quantitative estimate of drug-likeness (QED) is 0.792. The number of halogens is 1. The van der Waals surface area contributed by atoms with Crippen molar-refractivity contribution in [2.75, 3.05) is 37.9 Å². The molecule has 0 spiro atoms. The van der Waals surface area contributed by atoms with Crippen molar-refractivity contribution in [1.82, 2.24) is 9.88 Å². The van der Waals surface area contributed by atoms with E-state index in [9.17, 15) is 0 Å². The van der Waals surface area contributed by atoms with E-state index in [0.29, 0.717) is 12.7 Å². The maximum Gasteiger partial charge on any atom is 0.231 e. The summed E-state index contributed by atoms with van der Waals surface area (Å²) in [5.74, 6) is 2.19. The van der Waals surface area contributed by atoms with E-state index in [1.807, 2.05) is 11.4 Å². The van der Waals surface area contributed by atoms with Gasteiger partial charge in [-0.2, -0.15) is 0 Å². The van der Waals surface area contributed by atoms with Gasteiger partial charge in [-0.1, -0.05) is 6.07 Å². The number of rotatable bonds is 4. The standard InChI is InChI=1S/C16H18ClN3O2S/c17-8-13-10-23-16(18-13)20-5-3-19(4-6-20)9-12-1-2-14-15(7-12)22-11-21-14/h1-2,7,10H,3-6,8-9,11H2. The highest BCUT2D eigenvalue weighted by Crippen LogP contribution is 2.33. The van der Waals surface area contributed by atoms with Crippen LogP contribution < -0.4 is 14.4 Å². The van der Waals surface area contributed by atoms with Gasteiger partial charge in [0.05, 0.1) is 11.6 Å². The fourth-order valence-corrected chi connectivity index (χ4v) is 4.01. The summed E-state index contributed by atoms with van der Waals surface area (Å²) in [5.41, 5.74) is 2.23. The molecule has 7 heteroatoms. The summed E-state index contributed by atoms with van der Waals surface area (Å²) in [7, 11) is 0. The molecule has 1 aromatic carbocycles. The Morgan fingerprint density at radius 1 is 1.13 bits per heavy atom. The number of piperazine rings is 1. The number of benzene rings is 1. The summed E-state index contributed by atoms with van der Waals surface area (Å²) >= 11 is 7.51. The molecule has 122 valence electrons. The third kappa shape index (κ3) is 3.24. The van der Waals surface area contributed by atoms with E-state index in [-0.39, 0.29) is 0 Å². The number of thiazole rings is 1. The van der Waals surface area contributed by atoms with Crippen LogP contribution in [0.4, 0.5) is 5.13 Å². The van der Waals surface area contributed by atoms with Crippen molar-refractivity contribution in [3.63, 3.8) is 0 Å². The van der Waals surface area contributed by atoms with Gasteiger partial charge in [0.2, 0.25) is 6.79 Å². The summed E-state index contributed by atoms with van der Waals surface area (Å²) in [5, 5.41) is 3.13. The van der Waals surface area contributed by atoms with Crippen LogP contribution in [0.1, 0.15) is 11.3 Å². The molecule has 1 aromatic heterocycles. The molecule has 23 heavy (non-hydrogen) atoms. The third-order valence-electron chi connectivity index (χ3n) is 4.16. The number of nitrogens with zero attached hydrogens (tertiary/aromatic N) is 3. The van der Waals surface area contributed by atoms with Crippen molar-refractivity contribution in [3.8, 4) is 11.5 Å². The van der Waals surface area contributed by atoms with E-state index in [4.69, 9.17) is 21.1 Å². The number of aromatic nitrogens is 1. The molecule has 3 heterocycles. The Balaban J connectivity index is 1.34. The smallest absolute Gasteiger partial charge is 0.231 e. The first-order valence-corrected chi connectivity index (χ1v) is 9.09. The summed E-state index contributed by atoms with van der Waals surface area (Å²) < 4.78 is 10.8. The molecule has 0 atom stereocenters.